The van der Waals surface area contributed by atoms with Gasteiger partial charge in [-0.1, -0.05) is 13.8 Å². The topological polar surface area (TPSA) is 20.1 Å². The summed E-state index contributed by atoms with van der Waals surface area (Å²) in [5.74, 6) is -0.660. The van der Waals surface area contributed by atoms with Crippen molar-refractivity contribution in [3.05, 3.63) is 11.9 Å². The van der Waals surface area contributed by atoms with Crippen molar-refractivity contribution in [2.45, 2.75) is 40.2 Å². The summed E-state index contributed by atoms with van der Waals surface area (Å²) in [5.41, 5.74) is 0. The summed E-state index contributed by atoms with van der Waals surface area (Å²) in [5, 5.41) is 0. The molecule has 0 fully saturated rings. The Morgan fingerprint density at radius 2 is 2.00 bits per heavy atom. The van der Waals surface area contributed by atoms with Gasteiger partial charge in [0.05, 0.1) is 0 Å². The van der Waals surface area contributed by atoms with E-state index >= 15 is 0 Å². The van der Waals surface area contributed by atoms with Crippen molar-refractivity contribution in [3.63, 3.8) is 0 Å². The van der Waals surface area contributed by atoms with Crippen LogP contribution in [0, 0.1) is 11.8 Å². The van der Waals surface area contributed by atoms with Crippen LogP contribution < -0.4 is 0 Å². The molecule has 1 unspecified atom stereocenters. The van der Waals surface area contributed by atoms with Gasteiger partial charge in [-0.15, -0.1) is 0 Å². The van der Waals surface area contributed by atoms with E-state index < -0.39 is 5.92 Å². The minimum atomic E-state index is -0.572. The second-order valence-corrected chi connectivity index (χ2v) is 4.72. The lowest BCUT2D eigenvalue weighted by Crippen LogP contribution is -2.37. The van der Waals surface area contributed by atoms with Crippen LogP contribution in [-0.2, 0) is 4.79 Å². The predicted molar refractivity (Wildman–Crippen MR) is 58.6 cm³/mol. The van der Waals surface area contributed by atoms with Crippen LogP contribution in [-0.4, -0.2) is 22.7 Å². The van der Waals surface area contributed by atoms with Gasteiger partial charge in [-0.05, 0) is 26.2 Å². The van der Waals surface area contributed by atoms with E-state index in [1.165, 1.54) is 6.08 Å². The number of amides is 1. The smallest absolute Gasteiger partial charge is 0.219 e. The van der Waals surface area contributed by atoms with E-state index in [2.05, 4.69) is 0 Å². The van der Waals surface area contributed by atoms with E-state index in [1.54, 1.807) is 10.8 Å². The van der Waals surface area contributed by atoms with Gasteiger partial charge in [0.2, 0.25) is 0 Å². The number of halogens is 1. The standard InChI is InChI=1S/C12H19FNO/c1-8(2)7-10-11(13)5-6-14(9(3)4)12(10)15/h5-6,8-10H,7H2,1-4H3/q+1. The van der Waals surface area contributed by atoms with Crippen LogP contribution in [0.4, 0.5) is 4.39 Å². The van der Waals surface area contributed by atoms with Crippen molar-refractivity contribution >= 4 is 12.1 Å². The molecular weight excluding hydrogens is 193 g/mol. The SMILES string of the molecule is CC(C)CC1C(=O)[N+](C(C)C)=CC=C1F. The lowest BCUT2D eigenvalue weighted by atomic mass is 9.93. The molecule has 1 aliphatic heterocycles. The summed E-state index contributed by atoms with van der Waals surface area (Å²) in [4.78, 5) is 11.9. The summed E-state index contributed by atoms with van der Waals surface area (Å²) in [7, 11) is 0. The first-order valence-corrected chi connectivity index (χ1v) is 5.46. The molecule has 84 valence electrons. The fraction of sp³-hybridized carbons (Fsp3) is 0.667. The Balaban J connectivity index is 2.89. The van der Waals surface area contributed by atoms with Crippen LogP contribution in [0.5, 0.6) is 0 Å². The second-order valence-electron chi connectivity index (χ2n) is 4.72. The zero-order valence-corrected chi connectivity index (χ0v) is 9.83. The average molecular weight is 212 g/mol. The Hall–Kier alpha value is -0.990. The van der Waals surface area contributed by atoms with Gasteiger partial charge in [-0.2, -0.15) is 4.58 Å². The van der Waals surface area contributed by atoms with Crippen molar-refractivity contribution in [1.29, 1.82) is 0 Å². The number of hydrogen-bond donors (Lipinski definition) is 0. The van der Waals surface area contributed by atoms with Gasteiger partial charge >= 0.3 is 5.91 Å². The zero-order valence-electron chi connectivity index (χ0n) is 9.83. The number of carbonyl (C=O) groups is 1. The van der Waals surface area contributed by atoms with Gasteiger partial charge in [0, 0.05) is 6.08 Å². The molecule has 0 spiro atoms. The maximum absolute atomic E-state index is 13.5. The van der Waals surface area contributed by atoms with E-state index in [0.29, 0.717) is 12.3 Å². The van der Waals surface area contributed by atoms with Gasteiger partial charge in [-0.25, -0.2) is 9.18 Å². The van der Waals surface area contributed by atoms with Crippen LogP contribution in [0.25, 0.3) is 0 Å². The Kier molecular flexibility index (Phi) is 3.77. The minimum Gasteiger partial charge on any atom is -0.219 e. The van der Waals surface area contributed by atoms with E-state index in [9.17, 15) is 9.18 Å². The third-order valence-corrected chi connectivity index (χ3v) is 2.54. The summed E-state index contributed by atoms with van der Waals surface area (Å²) in [6.07, 6.45) is 3.53. The molecule has 1 atom stereocenters. The summed E-state index contributed by atoms with van der Waals surface area (Å²) < 4.78 is 15.1. The molecule has 1 rings (SSSR count). The van der Waals surface area contributed by atoms with Crippen molar-refractivity contribution < 1.29 is 13.8 Å². The molecule has 0 aromatic heterocycles. The van der Waals surface area contributed by atoms with Gasteiger partial charge in [0.25, 0.3) is 0 Å². The second kappa shape index (κ2) is 4.69. The fourth-order valence-electron chi connectivity index (χ4n) is 1.75. The fourth-order valence-corrected chi connectivity index (χ4v) is 1.75. The number of nitrogens with zero attached hydrogens (tertiary/aromatic N) is 1. The average Bonchev–Trinajstić information content (AvgIpc) is 2.11. The van der Waals surface area contributed by atoms with Crippen molar-refractivity contribution in [2.24, 2.45) is 11.8 Å². The molecule has 1 heterocycles. The molecule has 0 N–H and O–H groups in total. The number of rotatable bonds is 3. The van der Waals surface area contributed by atoms with Crippen LogP contribution in [0.2, 0.25) is 0 Å². The van der Waals surface area contributed by atoms with E-state index in [4.69, 9.17) is 0 Å². The normalized spacial score (nSPS) is 22.1. The Morgan fingerprint density at radius 1 is 1.40 bits per heavy atom. The largest absolute Gasteiger partial charge is 0.397 e. The van der Waals surface area contributed by atoms with Crippen LogP contribution >= 0.6 is 0 Å². The number of allylic oxidation sites excluding steroid dienone is 1. The van der Waals surface area contributed by atoms with Gasteiger partial charge in [-0.3, -0.25) is 0 Å². The van der Waals surface area contributed by atoms with Crippen molar-refractivity contribution in [2.75, 3.05) is 0 Å². The highest BCUT2D eigenvalue weighted by Crippen LogP contribution is 2.24. The Labute approximate surface area is 90.5 Å². The number of hydrogen-bond acceptors (Lipinski definition) is 1. The lowest BCUT2D eigenvalue weighted by Gasteiger charge is -2.17. The van der Waals surface area contributed by atoms with Crippen LogP contribution in [0.3, 0.4) is 0 Å². The molecule has 0 saturated heterocycles. The van der Waals surface area contributed by atoms with Gasteiger partial charge in [0.1, 0.15) is 11.7 Å². The van der Waals surface area contributed by atoms with Crippen LogP contribution in [0.1, 0.15) is 34.1 Å². The maximum atomic E-state index is 13.5. The van der Waals surface area contributed by atoms with E-state index in [-0.39, 0.29) is 17.8 Å². The van der Waals surface area contributed by atoms with E-state index in [1.807, 2.05) is 27.7 Å². The summed E-state index contributed by atoms with van der Waals surface area (Å²) in [6.45, 7) is 7.85. The molecule has 15 heavy (non-hydrogen) atoms. The first-order valence-electron chi connectivity index (χ1n) is 5.46. The molecule has 0 aromatic rings. The van der Waals surface area contributed by atoms with Gasteiger partial charge < -0.3 is 0 Å². The monoisotopic (exact) mass is 212 g/mol. The highest BCUT2D eigenvalue weighted by atomic mass is 19.1. The van der Waals surface area contributed by atoms with Gasteiger partial charge in [0.15, 0.2) is 12.3 Å². The molecule has 1 aliphatic rings. The highest BCUT2D eigenvalue weighted by Gasteiger charge is 2.37. The first kappa shape index (κ1) is 12.1. The maximum Gasteiger partial charge on any atom is 0.397 e. The van der Waals surface area contributed by atoms with Crippen molar-refractivity contribution in [1.82, 2.24) is 0 Å². The molecule has 0 bridgehead atoms. The van der Waals surface area contributed by atoms with E-state index in [0.717, 1.165) is 0 Å². The molecule has 0 radical (unpaired) electrons. The molecule has 3 heteroatoms. The third kappa shape index (κ3) is 2.74. The molecule has 1 amide bonds. The molecule has 0 aliphatic carbocycles. The molecule has 0 saturated carbocycles. The van der Waals surface area contributed by atoms with Crippen LogP contribution in [0.15, 0.2) is 11.9 Å². The number of carbonyl (C=O) groups excluding carboxylic acids is 1. The zero-order chi connectivity index (χ0) is 11.6. The Bertz CT molecular complexity index is 316. The first-order chi connectivity index (χ1) is 6.93. The third-order valence-electron chi connectivity index (χ3n) is 2.54. The lowest BCUT2D eigenvalue weighted by molar-refractivity contribution is -0.480. The van der Waals surface area contributed by atoms with Crippen molar-refractivity contribution in [3.8, 4) is 0 Å². The molecule has 0 aromatic carbocycles. The quantitative estimate of drug-likeness (QED) is 0.658. The predicted octanol–water partition coefficient (Wildman–Crippen LogP) is 2.53. The molecule has 2 nitrogen and oxygen atoms in total. The highest BCUT2D eigenvalue weighted by molar-refractivity contribution is 5.84. The summed E-state index contributed by atoms with van der Waals surface area (Å²) >= 11 is 0. The minimum absolute atomic E-state index is 0.0940. The summed E-state index contributed by atoms with van der Waals surface area (Å²) in [6, 6.07) is 0.0940. The molecular formula is C12H19FNO+. The Morgan fingerprint density at radius 3 is 2.47 bits per heavy atom.